The van der Waals surface area contributed by atoms with Crippen LogP contribution in [0.25, 0.3) is 0 Å². The van der Waals surface area contributed by atoms with Gasteiger partial charge in [0.15, 0.2) is 0 Å². The third kappa shape index (κ3) is 5.66. The lowest BCUT2D eigenvalue weighted by Gasteiger charge is -2.36. The van der Waals surface area contributed by atoms with E-state index in [0.29, 0.717) is 42.6 Å². The van der Waals surface area contributed by atoms with Gasteiger partial charge in [-0.1, -0.05) is 23.7 Å². The molecular weight excluding hydrogens is 458 g/mol. The van der Waals surface area contributed by atoms with E-state index in [1.165, 1.54) is 4.90 Å². The highest BCUT2D eigenvalue weighted by atomic mass is 35.5. The van der Waals surface area contributed by atoms with Gasteiger partial charge in [0.1, 0.15) is 6.54 Å². The number of halogens is 1. The van der Waals surface area contributed by atoms with Crippen molar-refractivity contribution in [1.82, 2.24) is 10.2 Å². The zero-order chi connectivity index (χ0) is 24.1. The van der Waals surface area contributed by atoms with Crippen LogP contribution in [0.2, 0.25) is 5.02 Å². The number of benzene rings is 2. The molecule has 34 heavy (non-hydrogen) atoms. The summed E-state index contributed by atoms with van der Waals surface area (Å²) in [6.45, 7) is 2.32. The molecule has 0 unspecified atom stereocenters. The molecule has 1 fully saturated rings. The van der Waals surface area contributed by atoms with Gasteiger partial charge in [-0.15, -0.1) is 0 Å². The number of nitrogens with zero attached hydrogens (tertiary/aromatic N) is 3. The van der Waals surface area contributed by atoms with Gasteiger partial charge in [0.25, 0.3) is 0 Å². The first kappa shape index (κ1) is 23.6. The minimum Gasteiger partial charge on any atom is -0.368 e. The Kier molecular flexibility index (Phi) is 7.32. The minimum atomic E-state index is -0.378. The minimum absolute atomic E-state index is 0.0542. The first-order valence-electron chi connectivity index (χ1n) is 11.1. The van der Waals surface area contributed by atoms with E-state index in [1.54, 1.807) is 29.2 Å². The Bertz CT molecular complexity index is 1080. The molecule has 0 aliphatic carbocycles. The SMILES string of the molecule is O=C(CCC(=O)N1CC(=O)Nc2ccccc21)NCC(=O)N1CCN(c2ccc(Cl)cc2)CC1. The highest BCUT2D eigenvalue weighted by Gasteiger charge is 2.27. The Labute approximate surface area is 202 Å². The number of para-hydroxylation sites is 2. The molecule has 0 aromatic heterocycles. The van der Waals surface area contributed by atoms with E-state index in [2.05, 4.69) is 15.5 Å². The second-order valence-electron chi connectivity index (χ2n) is 8.17. The van der Waals surface area contributed by atoms with E-state index in [1.807, 2.05) is 24.3 Å². The van der Waals surface area contributed by atoms with Crippen molar-refractivity contribution in [3.63, 3.8) is 0 Å². The molecule has 0 bridgehead atoms. The lowest BCUT2D eigenvalue weighted by atomic mass is 10.1. The molecule has 2 aliphatic heterocycles. The van der Waals surface area contributed by atoms with Crippen molar-refractivity contribution in [2.24, 2.45) is 0 Å². The molecule has 10 heteroatoms. The maximum absolute atomic E-state index is 12.6. The summed E-state index contributed by atoms with van der Waals surface area (Å²) in [4.78, 5) is 54.6. The van der Waals surface area contributed by atoms with Crippen LogP contribution in [-0.4, -0.2) is 67.8 Å². The van der Waals surface area contributed by atoms with Crippen molar-refractivity contribution < 1.29 is 19.2 Å². The number of carbonyl (C=O) groups excluding carboxylic acids is 4. The standard InChI is InChI=1S/C24H26ClN5O4/c25-17-5-7-18(8-6-17)28-11-13-29(14-12-28)24(34)15-26-21(31)9-10-23(33)30-16-22(32)27-19-3-1-2-4-20(19)30/h1-8H,9-16H2,(H,26,31)(H,27,32). The predicted molar refractivity (Wildman–Crippen MR) is 130 cm³/mol. The maximum atomic E-state index is 12.6. The Morgan fingerprint density at radius 3 is 2.35 bits per heavy atom. The Balaban J connectivity index is 1.19. The summed E-state index contributed by atoms with van der Waals surface area (Å²) in [5.74, 6) is -1.13. The van der Waals surface area contributed by atoms with Gasteiger partial charge in [0, 0.05) is 49.7 Å². The molecule has 4 rings (SSSR count). The second kappa shape index (κ2) is 10.6. The van der Waals surface area contributed by atoms with Crippen molar-refractivity contribution in [1.29, 1.82) is 0 Å². The topological polar surface area (TPSA) is 102 Å². The third-order valence-electron chi connectivity index (χ3n) is 5.90. The number of rotatable bonds is 6. The van der Waals surface area contributed by atoms with Crippen molar-refractivity contribution in [3.8, 4) is 0 Å². The Morgan fingerprint density at radius 1 is 0.912 bits per heavy atom. The maximum Gasteiger partial charge on any atom is 0.244 e. The molecule has 1 saturated heterocycles. The van der Waals surface area contributed by atoms with E-state index in [-0.39, 0.29) is 49.6 Å². The van der Waals surface area contributed by atoms with Gasteiger partial charge >= 0.3 is 0 Å². The first-order valence-corrected chi connectivity index (χ1v) is 11.5. The molecule has 0 spiro atoms. The molecular formula is C24H26ClN5O4. The van der Waals surface area contributed by atoms with Crippen LogP contribution < -0.4 is 20.4 Å². The van der Waals surface area contributed by atoms with E-state index in [0.717, 1.165) is 5.69 Å². The number of amides is 4. The van der Waals surface area contributed by atoms with Gasteiger partial charge in [0.2, 0.25) is 23.6 Å². The van der Waals surface area contributed by atoms with Crippen molar-refractivity contribution in [2.45, 2.75) is 12.8 Å². The number of hydrogen-bond acceptors (Lipinski definition) is 5. The van der Waals surface area contributed by atoms with Crippen LogP contribution in [0.1, 0.15) is 12.8 Å². The summed E-state index contributed by atoms with van der Waals surface area (Å²) in [7, 11) is 0. The second-order valence-corrected chi connectivity index (χ2v) is 8.60. The summed E-state index contributed by atoms with van der Waals surface area (Å²) < 4.78 is 0. The number of piperazine rings is 1. The van der Waals surface area contributed by atoms with Crippen LogP contribution in [0.3, 0.4) is 0 Å². The van der Waals surface area contributed by atoms with Gasteiger partial charge in [-0.05, 0) is 36.4 Å². The molecule has 178 valence electrons. The molecule has 0 saturated carbocycles. The fraction of sp³-hybridized carbons (Fsp3) is 0.333. The molecule has 4 amide bonds. The van der Waals surface area contributed by atoms with Gasteiger partial charge < -0.3 is 25.3 Å². The molecule has 2 aromatic rings. The van der Waals surface area contributed by atoms with Gasteiger partial charge in [-0.2, -0.15) is 0 Å². The van der Waals surface area contributed by atoms with Crippen LogP contribution in [0.15, 0.2) is 48.5 Å². The van der Waals surface area contributed by atoms with Crippen LogP contribution in [-0.2, 0) is 19.2 Å². The average molecular weight is 484 g/mol. The molecule has 0 atom stereocenters. The Hall–Kier alpha value is -3.59. The smallest absolute Gasteiger partial charge is 0.244 e. The summed E-state index contributed by atoms with van der Waals surface area (Å²) >= 11 is 5.94. The predicted octanol–water partition coefficient (Wildman–Crippen LogP) is 1.87. The number of hydrogen-bond donors (Lipinski definition) is 2. The highest BCUT2D eigenvalue weighted by molar-refractivity contribution is 6.30. The highest BCUT2D eigenvalue weighted by Crippen LogP contribution is 2.29. The van der Waals surface area contributed by atoms with Crippen molar-refractivity contribution in [3.05, 3.63) is 53.6 Å². The lowest BCUT2D eigenvalue weighted by Crippen LogP contribution is -2.51. The van der Waals surface area contributed by atoms with Crippen LogP contribution in [0, 0.1) is 0 Å². The molecule has 2 heterocycles. The molecule has 0 radical (unpaired) electrons. The fourth-order valence-corrected chi connectivity index (χ4v) is 4.18. The number of carbonyl (C=O) groups is 4. The van der Waals surface area contributed by atoms with Crippen LogP contribution in [0.5, 0.6) is 0 Å². The third-order valence-corrected chi connectivity index (χ3v) is 6.15. The van der Waals surface area contributed by atoms with Crippen molar-refractivity contribution >= 4 is 52.3 Å². The quantitative estimate of drug-likeness (QED) is 0.653. The number of anilines is 3. The van der Waals surface area contributed by atoms with Gasteiger partial charge in [-0.3, -0.25) is 19.2 Å². The molecule has 2 N–H and O–H groups in total. The normalized spacial score (nSPS) is 15.4. The zero-order valence-corrected chi connectivity index (χ0v) is 19.4. The van der Waals surface area contributed by atoms with E-state index in [9.17, 15) is 19.2 Å². The Morgan fingerprint density at radius 2 is 1.62 bits per heavy atom. The summed E-state index contributed by atoms with van der Waals surface area (Å²) in [5, 5.41) is 6.01. The summed E-state index contributed by atoms with van der Waals surface area (Å²) in [6.07, 6.45) is -0.113. The lowest BCUT2D eigenvalue weighted by molar-refractivity contribution is -0.133. The number of fused-ring (bicyclic) bond motifs is 1. The van der Waals surface area contributed by atoms with E-state index in [4.69, 9.17) is 11.6 Å². The number of nitrogens with one attached hydrogen (secondary N) is 2. The van der Waals surface area contributed by atoms with Crippen LogP contribution >= 0.6 is 11.6 Å². The monoisotopic (exact) mass is 483 g/mol. The van der Waals surface area contributed by atoms with Gasteiger partial charge in [0.05, 0.1) is 17.9 Å². The fourth-order valence-electron chi connectivity index (χ4n) is 4.05. The summed E-state index contributed by atoms with van der Waals surface area (Å²) in [6, 6.07) is 14.6. The zero-order valence-electron chi connectivity index (χ0n) is 18.6. The van der Waals surface area contributed by atoms with Crippen molar-refractivity contribution in [2.75, 3.05) is 54.4 Å². The van der Waals surface area contributed by atoms with Crippen LogP contribution in [0.4, 0.5) is 17.1 Å². The van der Waals surface area contributed by atoms with Gasteiger partial charge in [-0.25, -0.2) is 0 Å². The summed E-state index contributed by atoms with van der Waals surface area (Å²) in [5.41, 5.74) is 2.24. The largest absolute Gasteiger partial charge is 0.368 e. The molecule has 2 aromatic carbocycles. The van der Waals surface area contributed by atoms with E-state index < -0.39 is 0 Å². The first-order chi connectivity index (χ1) is 16.4. The average Bonchev–Trinajstić information content (AvgIpc) is 2.85. The molecule has 9 nitrogen and oxygen atoms in total. The van der Waals surface area contributed by atoms with E-state index >= 15 is 0 Å². The molecule has 2 aliphatic rings.